The Morgan fingerprint density at radius 1 is 1.07 bits per heavy atom. The van der Waals surface area contributed by atoms with Crippen molar-refractivity contribution in [3.05, 3.63) is 76.7 Å². The fraction of sp³-hybridized carbons (Fsp3) is 0.190. The van der Waals surface area contributed by atoms with Crippen molar-refractivity contribution in [3.8, 4) is 5.69 Å². The molecule has 0 saturated heterocycles. The summed E-state index contributed by atoms with van der Waals surface area (Å²) >= 11 is 0. The summed E-state index contributed by atoms with van der Waals surface area (Å²) in [6.45, 7) is 1.95. The van der Waals surface area contributed by atoms with Crippen LogP contribution in [0.2, 0.25) is 0 Å². The quantitative estimate of drug-likeness (QED) is 0.530. The highest BCUT2D eigenvalue weighted by Crippen LogP contribution is 2.24. The molecule has 1 unspecified atom stereocenters. The van der Waals surface area contributed by atoms with E-state index in [1.54, 1.807) is 28.9 Å². The van der Waals surface area contributed by atoms with Gasteiger partial charge in [-0.05, 0) is 36.8 Å². The molecule has 0 radical (unpaired) electrons. The van der Waals surface area contributed by atoms with Crippen molar-refractivity contribution in [2.75, 3.05) is 18.2 Å². The Morgan fingerprint density at radius 2 is 1.73 bits per heavy atom. The molecule has 154 valence electrons. The van der Waals surface area contributed by atoms with Gasteiger partial charge in [-0.1, -0.05) is 30.3 Å². The van der Waals surface area contributed by atoms with Crippen LogP contribution in [0.4, 0.5) is 5.95 Å². The SMILES string of the molecule is CC(c1ccc(S(C)(=O)=O)cc1)N(C)c1nc2c(cnn2-c2ccccc2)c(=O)[nH]1. The van der Waals surface area contributed by atoms with Crippen LogP contribution in [-0.2, 0) is 9.84 Å². The Hall–Kier alpha value is -3.46. The maximum atomic E-state index is 12.6. The normalized spacial score (nSPS) is 12.8. The van der Waals surface area contributed by atoms with E-state index < -0.39 is 9.84 Å². The number of nitrogens with zero attached hydrogens (tertiary/aromatic N) is 4. The average molecular weight is 423 g/mol. The molecule has 0 aliphatic carbocycles. The van der Waals surface area contributed by atoms with Gasteiger partial charge in [-0.3, -0.25) is 9.78 Å². The van der Waals surface area contributed by atoms with Gasteiger partial charge in [0, 0.05) is 13.3 Å². The van der Waals surface area contributed by atoms with Crippen LogP contribution in [0.5, 0.6) is 0 Å². The zero-order valence-electron chi connectivity index (χ0n) is 16.8. The summed E-state index contributed by atoms with van der Waals surface area (Å²) in [6, 6.07) is 16.0. The number of rotatable bonds is 5. The first-order valence-corrected chi connectivity index (χ1v) is 11.2. The Bertz CT molecular complexity index is 1360. The second-order valence-electron chi connectivity index (χ2n) is 7.15. The summed E-state index contributed by atoms with van der Waals surface area (Å²) in [5.41, 5.74) is 1.89. The van der Waals surface area contributed by atoms with Crippen LogP contribution in [0.3, 0.4) is 0 Å². The van der Waals surface area contributed by atoms with Crippen LogP contribution in [0.15, 0.2) is 70.5 Å². The highest BCUT2D eigenvalue weighted by atomic mass is 32.2. The fourth-order valence-corrected chi connectivity index (χ4v) is 3.86. The molecule has 0 fully saturated rings. The number of aromatic nitrogens is 4. The standard InChI is InChI=1S/C21H21N5O3S/c1-14(15-9-11-17(12-10-15)30(3,28)29)25(2)21-23-19-18(20(27)24-21)13-22-26(19)16-7-5-4-6-8-16/h4-14H,1-3H3,(H,23,24,27). The van der Waals surface area contributed by atoms with Crippen molar-refractivity contribution >= 4 is 26.8 Å². The van der Waals surface area contributed by atoms with Gasteiger partial charge >= 0.3 is 0 Å². The number of nitrogens with one attached hydrogen (secondary N) is 1. The maximum absolute atomic E-state index is 12.6. The fourth-order valence-electron chi connectivity index (χ4n) is 3.23. The van der Waals surface area contributed by atoms with E-state index in [0.717, 1.165) is 11.3 Å². The van der Waals surface area contributed by atoms with Gasteiger partial charge in [0.05, 0.1) is 22.8 Å². The molecule has 2 aromatic carbocycles. The summed E-state index contributed by atoms with van der Waals surface area (Å²) in [6.07, 6.45) is 2.68. The Balaban J connectivity index is 1.72. The van der Waals surface area contributed by atoms with E-state index in [2.05, 4.69) is 15.1 Å². The molecule has 0 amide bonds. The van der Waals surface area contributed by atoms with E-state index in [0.29, 0.717) is 17.0 Å². The Morgan fingerprint density at radius 3 is 2.37 bits per heavy atom. The van der Waals surface area contributed by atoms with E-state index in [1.807, 2.05) is 49.2 Å². The van der Waals surface area contributed by atoms with Crippen LogP contribution in [0.25, 0.3) is 16.7 Å². The first-order valence-electron chi connectivity index (χ1n) is 9.32. The van der Waals surface area contributed by atoms with Crippen LogP contribution < -0.4 is 10.5 Å². The molecule has 0 saturated carbocycles. The van der Waals surface area contributed by atoms with E-state index in [-0.39, 0.29) is 16.5 Å². The van der Waals surface area contributed by atoms with Gasteiger partial charge in [-0.25, -0.2) is 13.1 Å². The number of benzene rings is 2. The molecule has 1 N–H and O–H groups in total. The third-order valence-electron chi connectivity index (χ3n) is 5.13. The molecule has 0 aliphatic rings. The monoisotopic (exact) mass is 423 g/mol. The Kier molecular flexibility index (Phi) is 4.90. The van der Waals surface area contributed by atoms with E-state index >= 15 is 0 Å². The van der Waals surface area contributed by atoms with Crippen molar-refractivity contribution < 1.29 is 8.42 Å². The van der Waals surface area contributed by atoms with Gasteiger partial charge in [0.2, 0.25) is 5.95 Å². The number of hydrogen-bond donors (Lipinski definition) is 1. The van der Waals surface area contributed by atoms with Gasteiger partial charge < -0.3 is 4.90 Å². The number of fused-ring (bicyclic) bond motifs is 1. The first-order chi connectivity index (χ1) is 14.3. The van der Waals surface area contributed by atoms with Crippen LogP contribution >= 0.6 is 0 Å². The average Bonchev–Trinajstić information content (AvgIpc) is 3.17. The van der Waals surface area contributed by atoms with Crippen molar-refractivity contribution in [1.82, 2.24) is 19.7 Å². The molecule has 30 heavy (non-hydrogen) atoms. The molecule has 2 aromatic heterocycles. The molecule has 1 atom stereocenters. The number of anilines is 1. The smallest absolute Gasteiger partial charge is 0.263 e. The molecule has 4 rings (SSSR count). The lowest BCUT2D eigenvalue weighted by molar-refractivity contribution is 0.601. The zero-order chi connectivity index (χ0) is 21.5. The van der Waals surface area contributed by atoms with E-state index in [4.69, 9.17) is 0 Å². The lowest BCUT2D eigenvalue weighted by Gasteiger charge is -2.26. The highest BCUT2D eigenvalue weighted by molar-refractivity contribution is 7.90. The Labute approximate surface area is 173 Å². The van der Waals surface area contributed by atoms with Gasteiger partial charge in [-0.15, -0.1) is 0 Å². The molecule has 0 aliphatic heterocycles. The van der Waals surface area contributed by atoms with Crippen molar-refractivity contribution in [1.29, 1.82) is 0 Å². The summed E-state index contributed by atoms with van der Waals surface area (Å²) < 4.78 is 25.0. The third kappa shape index (κ3) is 3.59. The minimum Gasteiger partial charge on any atom is -0.339 e. The summed E-state index contributed by atoms with van der Waals surface area (Å²) in [4.78, 5) is 22.2. The summed E-state index contributed by atoms with van der Waals surface area (Å²) in [5, 5.41) is 4.73. The van der Waals surface area contributed by atoms with Gasteiger partial charge in [-0.2, -0.15) is 10.1 Å². The third-order valence-corrected chi connectivity index (χ3v) is 6.26. The van der Waals surface area contributed by atoms with Crippen molar-refractivity contribution in [2.24, 2.45) is 0 Å². The largest absolute Gasteiger partial charge is 0.339 e. The number of H-pyrrole nitrogens is 1. The summed E-state index contributed by atoms with van der Waals surface area (Å²) in [7, 11) is -1.43. The maximum Gasteiger partial charge on any atom is 0.263 e. The minimum absolute atomic E-state index is 0.160. The number of sulfone groups is 1. The van der Waals surface area contributed by atoms with Gasteiger partial charge in [0.1, 0.15) is 5.39 Å². The first kappa shape index (κ1) is 19.8. The van der Waals surface area contributed by atoms with Crippen molar-refractivity contribution in [2.45, 2.75) is 17.9 Å². The molecular weight excluding hydrogens is 402 g/mol. The van der Waals surface area contributed by atoms with E-state index in [9.17, 15) is 13.2 Å². The number of para-hydroxylation sites is 1. The lowest BCUT2D eigenvalue weighted by atomic mass is 10.1. The molecule has 2 heterocycles. The predicted molar refractivity (Wildman–Crippen MR) is 116 cm³/mol. The minimum atomic E-state index is -3.26. The topological polar surface area (TPSA) is 101 Å². The number of hydrogen-bond acceptors (Lipinski definition) is 6. The van der Waals surface area contributed by atoms with Gasteiger partial charge in [0.25, 0.3) is 5.56 Å². The molecule has 4 aromatic rings. The highest BCUT2D eigenvalue weighted by Gasteiger charge is 2.18. The lowest BCUT2D eigenvalue weighted by Crippen LogP contribution is -2.26. The zero-order valence-corrected chi connectivity index (χ0v) is 17.6. The molecule has 9 heteroatoms. The van der Waals surface area contributed by atoms with E-state index in [1.165, 1.54) is 12.5 Å². The second-order valence-corrected chi connectivity index (χ2v) is 9.16. The molecule has 8 nitrogen and oxygen atoms in total. The van der Waals surface area contributed by atoms with Crippen LogP contribution in [0.1, 0.15) is 18.5 Å². The molecule has 0 bridgehead atoms. The van der Waals surface area contributed by atoms with Crippen LogP contribution in [-0.4, -0.2) is 41.5 Å². The molecular formula is C21H21N5O3S. The molecule has 0 spiro atoms. The predicted octanol–water partition coefficient (Wildman–Crippen LogP) is 2.71. The summed E-state index contributed by atoms with van der Waals surface area (Å²) in [5.74, 6) is 0.393. The van der Waals surface area contributed by atoms with Crippen molar-refractivity contribution in [3.63, 3.8) is 0 Å². The number of aromatic amines is 1. The second kappa shape index (κ2) is 7.42. The van der Waals surface area contributed by atoms with Crippen LogP contribution in [0, 0.1) is 0 Å². The van der Waals surface area contributed by atoms with Gasteiger partial charge in [0.15, 0.2) is 15.5 Å².